The topological polar surface area (TPSA) is 29.5 Å². The average molecular weight is 273 g/mol. The molecule has 1 aliphatic rings. The summed E-state index contributed by atoms with van der Waals surface area (Å²) in [6.45, 7) is 12.2. The maximum Gasteiger partial charge on any atom is 0.410 e. The smallest absolute Gasteiger partial charge is 0.410 e. The van der Waals surface area contributed by atoms with Gasteiger partial charge < -0.3 is 9.64 Å². The normalized spacial score (nSPS) is 18.4. The third kappa shape index (κ3) is 3.03. The Balaban J connectivity index is 2.24. The minimum Gasteiger partial charge on any atom is -0.444 e. The van der Waals surface area contributed by atoms with E-state index in [2.05, 4.69) is 31.7 Å². The Bertz CT molecular complexity index is 528. The van der Waals surface area contributed by atoms with Gasteiger partial charge in [0, 0.05) is 6.54 Å². The van der Waals surface area contributed by atoms with Crippen LogP contribution in [-0.2, 0) is 11.2 Å². The first-order valence-electron chi connectivity index (χ1n) is 7.06. The first-order chi connectivity index (χ1) is 9.31. The molecule has 1 aliphatic heterocycles. The summed E-state index contributed by atoms with van der Waals surface area (Å²) in [5.74, 6) is 0. The van der Waals surface area contributed by atoms with Gasteiger partial charge in [-0.15, -0.1) is 0 Å². The molecule has 0 bridgehead atoms. The number of ether oxygens (including phenoxy) is 1. The van der Waals surface area contributed by atoms with Crippen molar-refractivity contribution in [2.75, 3.05) is 6.54 Å². The van der Waals surface area contributed by atoms with E-state index in [1.807, 2.05) is 26.8 Å². The highest BCUT2D eigenvalue weighted by molar-refractivity contribution is 5.69. The summed E-state index contributed by atoms with van der Waals surface area (Å²) in [6.07, 6.45) is 2.47. The number of hydrogen-bond acceptors (Lipinski definition) is 2. The van der Waals surface area contributed by atoms with Crippen molar-refractivity contribution in [2.24, 2.45) is 0 Å². The molecular weight excluding hydrogens is 250 g/mol. The predicted molar refractivity (Wildman–Crippen MR) is 81.6 cm³/mol. The van der Waals surface area contributed by atoms with Gasteiger partial charge in [0.05, 0.1) is 6.04 Å². The number of carbonyl (C=O) groups excluding carboxylic acids is 1. The van der Waals surface area contributed by atoms with Gasteiger partial charge in [-0.05, 0) is 56.9 Å². The highest BCUT2D eigenvalue weighted by atomic mass is 16.6. The lowest BCUT2D eigenvalue weighted by Gasteiger charge is -2.36. The molecule has 0 radical (unpaired) electrons. The molecule has 1 aromatic rings. The molecule has 20 heavy (non-hydrogen) atoms. The molecule has 3 heteroatoms. The summed E-state index contributed by atoms with van der Waals surface area (Å²) in [6, 6.07) is 6.36. The molecule has 1 aromatic carbocycles. The van der Waals surface area contributed by atoms with E-state index in [4.69, 9.17) is 4.74 Å². The second-order valence-electron chi connectivity index (χ2n) is 6.26. The van der Waals surface area contributed by atoms with Crippen LogP contribution in [0.4, 0.5) is 4.79 Å². The van der Waals surface area contributed by atoms with Crippen LogP contribution in [0.5, 0.6) is 0 Å². The van der Waals surface area contributed by atoms with E-state index in [-0.39, 0.29) is 12.1 Å². The standard InChI is InChI=1S/C17H23NO2/c1-6-13-7-8-14-9-10-18(12(2)15(14)11-13)16(19)20-17(3,4)5/h6-8,11-12H,1,9-10H2,2-5H3. The highest BCUT2D eigenvalue weighted by Gasteiger charge is 2.30. The second-order valence-corrected chi connectivity index (χ2v) is 6.26. The van der Waals surface area contributed by atoms with Crippen LogP contribution in [0, 0.1) is 0 Å². The Morgan fingerprint density at radius 3 is 2.75 bits per heavy atom. The monoisotopic (exact) mass is 273 g/mol. The number of fused-ring (bicyclic) bond motifs is 1. The van der Waals surface area contributed by atoms with Crippen LogP contribution in [0.1, 0.15) is 50.4 Å². The molecule has 3 nitrogen and oxygen atoms in total. The van der Waals surface area contributed by atoms with E-state index in [0.29, 0.717) is 6.54 Å². The fourth-order valence-corrected chi connectivity index (χ4v) is 2.53. The van der Waals surface area contributed by atoms with E-state index in [1.54, 1.807) is 4.90 Å². The Hall–Kier alpha value is -1.77. The maximum atomic E-state index is 12.3. The zero-order valence-electron chi connectivity index (χ0n) is 12.8. The van der Waals surface area contributed by atoms with E-state index in [1.165, 1.54) is 11.1 Å². The number of nitrogens with zero attached hydrogens (tertiary/aromatic N) is 1. The van der Waals surface area contributed by atoms with Crippen molar-refractivity contribution in [1.82, 2.24) is 4.90 Å². The van der Waals surface area contributed by atoms with Gasteiger partial charge in [-0.3, -0.25) is 0 Å². The lowest BCUT2D eigenvalue weighted by atomic mass is 9.92. The molecule has 1 amide bonds. The van der Waals surface area contributed by atoms with E-state index >= 15 is 0 Å². The Kier molecular flexibility index (Phi) is 3.89. The number of carbonyl (C=O) groups is 1. The van der Waals surface area contributed by atoms with E-state index in [9.17, 15) is 4.79 Å². The summed E-state index contributed by atoms with van der Waals surface area (Å²) in [7, 11) is 0. The fraction of sp³-hybridized carbons (Fsp3) is 0.471. The summed E-state index contributed by atoms with van der Waals surface area (Å²) in [5.41, 5.74) is 3.13. The van der Waals surface area contributed by atoms with Gasteiger partial charge in [-0.1, -0.05) is 24.8 Å². The fourth-order valence-electron chi connectivity index (χ4n) is 2.53. The summed E-state index contributed by atoms with van der Waals surface area (Å²) in [5, 5.41) is 0. The van der Waals surface area contributed by atoms with Crippen LogP contribution in [0.3, 0.4) is 0 Å². The number of hydrogen-bond donors (Lipinski definition) is 0. The van der Waals surface area contributed by atoms with E-state index in [0.717, 1.165) is 12.0 Å². The van der Waals surface area contributed by atoms with Crippen LogP contribution >= 0.6 is 0 Å². The molecule has 0 spiro atoms. The number of benzene rings is 1. The van der Waals surface area contributed by atoms with Gasteiger partial charge in [-0.2, -0.15) is 0 Å². The molecule has 1 heterocycles. The zero-order chi connectivity index (χ0) is 14.9. The third-order valence-electron chi connectivity index (χ3n) is 3.57. The van der Waals surface area contributed by atoms with Gasteiger partial charge in [0.1, 0.15) is 5.60 Å². The van der Waals surface area contributed by atoms with Gasteiger partial charge in [-0.25, -0.2) is 4.79 Å². The molecule has 2 rings (SSSR count). The summed E-state index contributed by atoms with van der Waals surface area (Å²) < 4.78 is 5.49. The SMILES string of the molecule is C=Cc1ccc2c(c1)C(C)N(C(=O)OC(C)(C)C)CC2. The molecule has 108 valence electrons. The predicted octanol–water partition coefficient (Wildman–Crippen LogP) is 4.18. The average Bonchev–Trinajstić information content (AvgIpc) is 2.36. The zero-order valence-corrected chi connectivity index (χ0v) is 12.8. The molecule has 0 fully saturated rings. The summed E-state index contributed by atoms with van der Waals surface area (Å²) >= 11 is 0. The van der Waals surface area contributed by atoms with Crippen molar-refractivity contribution in [3.8, 4) is 0 Å². The molecule has 0 saturated heterocycles. The first kappa shape index (κ1) is 14.6. The van der Waals surface area contributed by atoms with Crippen molar-refractivity contribution in [2.45, 2.75) is 45.8 Å². The molecule has 1 atom stereocenters. The third-order valence-corrected chi connectivity index (χ3v) is 3.57. The highest BCUT2D eigenvalue weighted by Crippen LogP contribution is 2.31. The van der Waals surface area contributed by atoms with Gasteiger partial charge in [0.15, 0.2) is 0 Å². The molecule has 0 saturated carbocycles. The molecule has 0 N–H and O–H groups in total. The first-order valence-corrected chi connectivity index (χ1v) is 7.06. The van der Waals surface area contributed by atoms with Gasteiger partial charge in [0.25, 0.3) is 0 Å². The van der Waals surface area contributed by atoms with Crippen LogP contribution < -0.4 is 0 Å². The van der Waals surface area contributed by atoms with Crippen molar-refractivity contribution >= 4 is 12.2 Å². The van der Waals surface area contributed by atoms with Gasteiger partial charge in [0.2, 0.25) is 0 Å². The molecular formula is C17H23NO2. The Morgan fingerprint density at radius 2 is 2.15 bits per heavy atom. The minimum absolute atomic E-state index is 0.0356. The van der Waals surface area contributed by atoms with Crippen LogP contribution in [0.15, 0.2) is 24.8 Å². The molecule has 0 aliphatic carbocycles. The van der Waals surface area contributed by atoms with Crippen molar-refractivity contribution in [3.63, 3.8) is 0 Å². The van der Waals surface area contributed by atoms with Crippen LogP contribution in [-0.4, -0.2) is 23.1 Å². The van der Waals surface area contributed by atoms with Crippen molar-refractivity contribution < 1.29 is 9.53 Å². The maximum absolute atomic E-state index is 12.3. The van der Waals surface area contributed by atoms with Crippen molar-refractivity contribution in [3.05, 3.63) is 41.5 Å². The summed E-state index contributed by atoms with van der Waals surface area (Å²) in [4.78, 5) is 14.1. The molecule has 1 unspecified atom stereocenters. The lowest BCUT2D eigenvalue weighted by molar-refractivity contribution is 0.0160. The second kappa shape index (κ2) is 5.31. The van der Waals surface area contributed by atoms with Crippen molar-refractivity contribution in [1.29, 1.82) is 0 Å². The lowest BCUT2D eigenvalue weighted by Crippen LogP contribution is -2.42. The molecule has 0 aromatic heterocycles. The van der Waals surface area contributed by atoms with Crippen LogP contribution in [0.2, 0.25) is 0 Å². The largest absolute Gasteiger partial charge is 0.444 e. The van der Waals surface area contributed by atoms with Gasteiger partial charge >= 0.3 is 6.09 Å². The van der Waals surface area contributed by atoms with Crippen LogP contribution in [0.25, 0.3) is 6.08 Å². The number of amides is 1. The Morgan fingerprint density at radius 1 is 1.45 bits per heavy atom. The quantitative estimate of drug-likeness (QED) is 0.768. The minimum atomic E-state index is -0.458. The van der Waals surface area contributed by atoms with E-state index < -0.39 is 5.60 Å². The Labute approximate surface area is 121 Å². The number of rotatable bonds is 1.